The number of hydrazine groups is 1. The van der Waals surface area contributed by atoms with E-state index in [-0.39, 0.29) is 11.9 Å². The predicted molar refractivity (Wildman–Crippen MR) is 104 cm³/mol. The normalized spacial score (nSPS) is 11.4. The van der Waals surface area contributed by atoms with E-state index in [0.29, 0.717) is 10.9 Å². The molecular weight excluding hydrogens is 338 g/mol. The highest BCUT2D eigenvalue weighted by Crippen LogP contribution is 2.11. The summed E-state index contributed by atoms with van der Waals surface area (Å²) in [6.45, 7) is 2.01. The van der Waals surface area contributed by atoms with E-state index in [1.807, 2.05) is 67.6 Å². The summed E-state index contributed by atoms with van der Waals surface area (Å²) in [5.74, 6) is 1.08. The second kappa shape index (κ2) is 9.95. The maximum absolute atomic E-state index is 11.8. The zero-order valence-corrected chi connectivity index (χ0v) is 15.1. The molecule has 1 atom stereocenters. The number of rotatable bonds is 6. The zero-order valence-electron chi connectivity index (χ0n) is 13.5. The lowest BCUT2D eigenvalue weighted by Crippen LogP contribution is -2.47. The summed E-state index contributed by atoms with van der Waals surface area (Å²) >= 11 is 6.76. The summed E-state index contributed by atoms with van der Waals surface area (Å²) < 4.78 is 0. The van der Waals surface area contributed by atoms with Crippen LogP contribution in [0.4, 0.5) is 0 Å². The van der Waals surface area contributed by atoms with Gasteiger partial charge in [0.2, 0.25) is 5.91 Å². The van der Waals surface area contributed by atoms with Crippen LogP contribution in [0.2, 0.25) is 0 Å². The van der Waals surface area contributed by atoms with Crippen LogP contribution in [0.25, 0.3) is 0 Å². The van der Waals surface area contributed by atoms with Gasteiger partial charge in [0.25, 0.3) is 0 Å². The van der Waals surface area contributed by atoms with E-state index in [4.69, 9.17) is 12.2 Å². The number of benzene rings is 2. The van der Waals surface area contributed by atoms with Gasteiger partial charge < -0.3 is 5.32 Å². The predicted octanol–water partition coefficient (Wildman–Crippen LogP) is 3.18. The minimum atomic E-state index is -0.104. The third kappa shape index (κ3) is 6.60. The number of hydrogen-bond donors (Lipinski definition) is 3. The lowest BCUT2D eigenvalue weighted by molar-refractivity contribution is -0.119. The minimum Gasteiger partial charge on any atom is -0.355 e. The smallest absolute Gasteiger partial charge is 0.248 e. The lowest BCUT2D eigenvalue weighted by Gasteiger charge is -2.17. The number of carbonyl (C=O) groups is 1. The Bertz CT molecular complexity index is 650. The highest BCUT2D eigenvalue weighted by molar-refractivity contribution is 7.99. The Balaban J connectivity index is 1.63. The highest BCUT2D eigenvalue weighted by Gasteiger charge is 2.07. The Labute approximate surface area is 152 Å². The molecule has 0 aliphatic rings. The molecule has 3 N–H and O–H groups in total. The molecule has 1 amide bonds. The molecule has 0 aliphatic carbocycles. The van der Waals surface area contributed by atoms with E-state index in [1.165, 1.54) is 5.56 Å². The van der Waals surface area contributed by atoms with E-state index in [1.54, 1.807) is 11.8 Å². The topological polar surface area (TPSA) is 53.2 Å². The van der Waals surface area contributed by atoms with Crippen LogP contribution in [0.3, 0.4) is 0 Å². The third-order valence-electron chi connectivity index (χ3n) is 3.31. The van der Waals surface area contributed by atoms with Gasteiger partial charge in [0.15, 0.2) is 5.11 Å². The van der Waals surface area contributed by atoms with E-state index < -0.39 is 0 Å². The highest BCUT2D eigenvalue weighted by atomic mass is 32.2. The molecule has 0 saturated heterocycles. The first-order valence-corrected chi connectivity index (χ1v) is 9.23. The van der Waals surface area contributed by atoms with Crippen molar-refractivity contribution in [3.05, 3.63) is 71.8 Å². The van der Waals surface area contributed by atoms with Gasteiger partial charge in [-0.3, -0.25) is 15.6 Å². The fourth-order valence-corrected chi connectivity index (χ4v) is 3.07. The van der Waals surface area contributed by atoms with Crippen molar-refractivity contribution in [1.82, 2.24) is 16.2 Å². The SMILES string of the molecule is C[C@H](NC(=S)NNC(=O)CSCc1ccccc1)c1ccccc1. The average Bonchev–Trinajstić information content (AvgIpc) is 2.61. The number of carbonyl (C=O) groups excluding carboxylic acids is 1. The quantitative estimate of drug-likeness (QED) is 0.546. The van der Waals surface area contributed by atoms with Crippen LogP contribution in [0.5, 0.6) is 0 Å². The molecule has 6 heteroatoms. The Kier molecular flexibility index (Phi) is 7.58. The van der Waals surface area contributed by atoms with Gasteiger partial charge in [-0.1, -0.05) is 60.7 Å². The maximum atomic E-state index is 11.8. The molecule has 126 valence electrons. The Morgan fingerprint density at radius 2 is 1.67 bits per heavy atom. The largest absolute Gasteiger partial charge is 0.355 e. The second-order valence-electron chi connectivity index (χ2n) is 5.26. The fourth-order valence-electron chi connectivity index (χ4n) is 2.06. The molecule has 0 unspecified atom stereocenters. The average molecular weight is 360 g/mol. The first-order chi connectivity index (χ1) is 11.6. The Morgan fingerprint density at radius 3 is 2.33 bits per heavy atom. The van der Waals surface area contributed by atoms with Crippen molar-refractivity contribution in [3.63, 3.8) is 0 Å². The van der Waals surface area contributed by atoms with Crippen molar-refractivity contribution < 1.29 is 4.79 Å². The van der Waals surface area contributed by atoms with E-state index >= 15 is 0 Å². The van der Waals surface area contributed by atoms with Crippen LogP contribution >= 0.6 is 24.0 Å². The molecule has 2 rings (SSSR count). The van der Waals surface area contributed by atoms with Gasteiger partial charge in [-0.15, -0.1) is 11.8 Å². The number of amides is 1. The number of nitrogens with one attached hydrogen (secondary N) is 3. The molecule has 0 spiro atoms. The first-order valence-electron chi connectivity index (χ1n) is 7.67. The molecule has 2 aromatic rings. The Morgan fingerprint density at radius 1 is 1.04 bits per heavy atom. The molecule has 0 heterocycles. The van der Waals surface area contributed by atoms with Crippen molar-refractivity contribution >= 4 is 35.0 Å². The lowest BCUT2D eigenvalue weighted by atomic mass is 10.1. The molecule has 4 nitrogen and oxygen atoms in total. The van der Waals surface area contributed by atoms with Gasteiger partial charge in [-0.2, -0.15) is 0 Å². The summed E-state index contributed by atoms with van der Waals surface area (Å²) in [6, 6.07) is 20.1. The maximum Gasteiger partial charge on any atom is 0.248 e. The van der Waals surface area contributed by atoms with Crippen LogP contribution in [-0.2, 0) is 10.5 Å². The van der Waals surface area contributed by atoms with Crippen LogP contribution in [0, 0.1) is 0 Å². The summed E-state index contributed by atoms with van der Waals surface area (Å²) in [4.78, 5) is 11.8. The van der Waals surface area contributed by atoms with Crippen molar-refractivity contribution in [2.45, 2.75) is 18.7 Å². The number of thioether (sulfide) groups is 1. The van der Waals surface area contributed by atoms with Gasteiger partial charge in [-0.05, 0) is 30.3 Å². The van der Waals surface area contributed by atoms with Gasteiger partial charge in [0.1, 0.15) is 0 Å². The molecule has 0 fully saturated rings. The molecular formula is C18H21N3OS2. The summed E-state index contributed by atoms with van der Waals surface area (Å²) in [7, 11) is 0. The number of hydrogen-bond acceptors (Lipinski definition) is 3. The van der Waals surface area contributed by atoms with Crippen molar-refractivity contribution in [1.29, 1.82) is 0 Å². The molecule has 0 saturated carbocycles. The molecule has 0 bridgehead atoms. The summed E-state index contributed by atoms with van der Waals surface area (Å²) in [5.41, 5.74) is 7.69. The van der Waals surface area contributed by atoms with Crippen molar-refractivity contribution in [2.24, 2.45) is 0 Å². The monoisotopic (exact) mass is 359 g/mol. The molecule has 0 aliphatic heterocycles. The molecule has 2 aromatic carbocycles. The number of thiocarbonyl (C=S) groups is 1. The first kappa shape index (κ1) is 18.3. The van der Waals surface area contributed by atoms with Gasteiger partial charge in [0.05, 0.1) is 11.8 Å². The van der Waals surface area contributed by atoms with Crippen LogP contribution in [-0.4, -0.2) is 16.8 Å². The summed E-state index contributed by atoms with van der Waals surface area (Å²) in [6.07, 6.45) is 0. The minimum absolute atomic E-state index is 0.0653. The Hall–Kier alpha value is -2.05. The molecule has 0 aromatic heterocycles. The van der Waals surface area contributed by atoms with E-state index in [2.05, 4.69) is 16.2 Å². The van der Waals surface area contributed by atoms with Gasteiger partial charge in [0, 0.05) is 5.75 Å². The van der Waals surface area contributed by atoms with Gasteiger partial charge in [-0.25, -0.2) is 0 Å². The fraction of sp³-hybridized carbons (Fsp3) is 0.222. The second-order valence-corrected chi connectivity index (χ2v) is 6.65. The zero-order chi connectivity index (χ0) is 17.2. The van der Waals surface area contributed by atoms with E-state index in [0.717, 1.165) is 11.3 Å². The van der Waals surface area contributed by atoms with Crippen LogP contribution in [0.1, 0.15) is 24.1 Å². The van der Waals surface area contributed by atoms with Crippen molar-refractivity contribution in [2.75, 3.05) is 5.75 Å². The van der Waals surface area contributed by atoms with Gasteiger partial charge >= 0.3 is 0 Å². The standard InChI is InChI=1S/C18H21N3OS2/c1-14(16-10-6-3-7-11-16)19-18(23)21-20-17(22)13-24-12-15-8-4-2-5-9-15/h2-11,14H,12-13H2,1H3,(H,20,22)(H2,19,21,23)/t14-/m0/s1. The van der Waals surface area contributed by atoms with Crippen LogP contribution in [0.15, 0.2) is 60.7 Å². The molecule has 0 radical (unpaired) electrons. The van der Waals surface area contributed by atoms with E-state index in [9.17, 15) is 4.79 Å². The third-order valence-corrected chi connectivity index (χ3v) is 4.53. The van der Waals surface area contributed by atoms with Crippen LogP contribution < -0.4 is 16.2 Å². The van der Waals surface area contributed by atoms with Crippen molar-refractivity contribution in [3.8, 4) is 0 Å². The summed E-state index contributed by atoms with van der Waals surface area (Å²) in [5, 5.41) is 3.53. The molecule has 24 heavy (non-hydrogen) atoms.